The summed E-state index contributed by atoms with van der Waals surface area (Å²) in [5.74, 6) is -0.681. The van der Waals surface area contributed by atoms with Crippen LogP contribution < -0.4 is 10.6 Å². The number of nitrogens with one attached hydrogen (secondary N) is 2. The second kappa shape index (κ2) is 6.43. The molecule has 22 heavy (non-hydrogen) atoms. The van der Waals surface area contributed by atoms with E-state index in [1.165, 1.54) is 0 Å². The van der Waals surface area contributed by atoms with Gasteiger partial charge < -0.3 is 10.6 Å². The highest BCUT2D eigenvalue weighted by Gasteiger charge is 2.36. The summed E-state index contributed by atoms with van der Waals surface area (Å²) >= 11 is 0. The number of anilines is 2. The van der Waals surface area contributed by atoms with Crippen molar-refractivity contribution in [3.05, 3.63) is 60.2 Å². The first kappa shape index (κ1) is 15.8. The molecule has 0 heterocycles. The molecule has 0 unspecified atom stereocenters. The van der Waals surface area contributed by atoms with Crippen LogP contribution in [-0.2, 0) is 9.59 Å². The zero-order chi connectivity index (χ0) is 16.2. The monoisotopic (exact) mass is 296 g/mol. The molecule has 0 aromatic heterocycles. The summed E-state index contributed by atoms with van der Waals surface area (Å²) < 4.78 is 0. The molecule has 0 aliphatic carbocycles. The minimum Gasteiger partial charge on any atom is -0.325 e. The zero-order valence-electron chi connectivity index (χ0n) is 13.0. The van der Waals surface area contributed by atoms with Crippen molar-refractivity contribution in [2.24, 2.45) is 5.41 Å². The maximum Gasteiger partial charge on any atom is 0.239 e. The molecular weight excluding hydrogens is 276 g/mol. The predicted octanol–water partition coefficient (Wildman–Crippen LogP) is 3.60. The Balaban J connectivity index is 2.10. The summed E-state index contributed by atoms with van der Waals surface area (Å²) in [7, 11) is 0. The van der Waals surface area contributed by atoms with E-state index in [0.29, 0.717) is 11.4 Å². The zero-order valence-corrected chi connectivity index (χ0v) is 13.0. The van der Waals surface area contributed by atoms with Crippen LogP contribution in [0, 0.1) is 12.3 Å². The molecule has 4 heteroatoms. The average molecular weight is 296 g/mol. The largest absolute Gasteiger partial charge is 0.325 e. The lowest BCUT2D eigenvalue weighted by atomic mass is 9.90. The summed E-state index contributed by atoms with van der Waals surface area (Å²) in [5.41, 5.74) is 1.16. The Morgan fingerprint density at radius 3 is 2.00 bits per heavy atom. The van der Waals surface area contributed by atoms with Gasteiger partial charge in [-0.25, -0.2) is 0 Å². The fourth-order valence-corrected chi connectivity index (χ4v) is 1.90. The fraction of sp³-hybridized carbons (Fsp3) is 0.222. The molecule has 2 amide bonds. The number of amides is 2. The second-order valence-corrected chi connectivity index (χ2v) is 5.71. The Morgan fingerprint density at radius 1 is 0.818 bits per heavy atom. The molecule has 0 radical (unpaired) electrons. The number of para-hydroxylation sites is 2. The first-order valence-electron chi connectivity index (χ1n) is 7.15. The van der Waals surface area contributed by atoms with E-state index in [4.69, 9.17) is 0 Å². The summed E-state index contributed by atoms with van der Waals surface area (Å²) in [6.07, 6.45) is 0. The highest BCUT2D eigenvalue weighted by atomic mass is 16.2. The minimum atomic E-state index is -1.18. The Morgan fingerprint density at radius 2 is 1.36 bits per heavy atom. The third-order valence-corrected chi connectivity index (χ3v) is 3.56. The van der Waals surface area contributed by atoms with E-state index in [2.05, 4.69) is 10.6 Å². The highest BCUT2D eigenvalue weighted by molar-refractivity contribution is 6.14. The quantitative estimate of drug-likeness (QED) is 0.847. The van der Waals surface area contributed by atoms with Gasteiger partial charge in [0.2, 0.25) is 11.8 Å². The van der Waals surface area contributed by atoms with Gasteiger partial charge in [0.05, 0.1) is 0 Å². The van der Waals surface area contributed by atoms with Crippen LogP contribution in [0.25, 0.3) is 0 Å². The number of aryl methyl sites for hydroxylation is 1. The molecule has 4 nitrogen and oxygen atoms in total. The van der Waals surface area contributed by atoms with Gasteiger partial charge in [-0.15, -0.1) is 0 Å². The van der Waals surface area contributed by atoms with Crippen molar-refractivity contribution in [3.8, 4) is 0 Å². The normalized spacial score (nSPS) is 10.9. The molecule has 0 aliphatic heterocycles. The van der Waals surface area contributed by atoms with E-state index in [-0.39, 0.29) is 11.8 Å². The van der Waals surface area contributed by atoms with Crippen molar-refractivity contribution in [3.63, 3.8) is 0 Å². The molecule has 0 saturated carbocycles. The van der Waals surface area contributed by atoms with Crippen LogP contribution in [0.2, 0.25) is 0 Å². The lowest BCUT2D eigenvalue weighted by Gasteiger charge is -2.23. The van der Waals surface area contributed by atoms with Crippen LogP contribution in [0.5, 0.6) is 0 Å². The molecule has 0 aliphatic rings. The number of benzene rings is 2. The Bertz CT molecular complexity index is 678. The molecule has 0 fully saturated rings. The molecule has 2 aromatic rings. The number of hydrogen-bond acceptors (Lipinski definition) is 2. The van der Waals surface area contributed by atoms with Gasteiger partial charge in [-0.3, -0.25) is 9.59 Å². The van der Waals surface area contributed by atoms with Crippen LogP contribution >= 0.6 is 0 Å². The van der Waals surface area contributed by atoms with Gasteiger partial charge in [0.15, 0.2) is 0 Å². The maximum absolute atomic E-state index is 12.4. The average Bonchev–Trinajstić information content (AvgIpc) is 2.50. The molecular formula is C18H20N2O2. The third-order valence-electron chi connectivity index (χ3n) is 3.56. The number of rotatable bonds is 4. The van der Waals surface area contributed by atoms with Gasteiger partial charge >= 0.3 is 0 Å². The van der Waals surface area contributed by atoms with Crippen LogP contribution in [-0.4, -0.2) is 11.8 Å². The van der Waals surface area contributed by atoms with E-state index in [1.54, 1.807) is 26.0 Å². The standard InChI is InChI=1S/C18H20N2O2/c1-13-9-7-8-12-15(13)20-17(22)18(2,3)16(21)19-14-10-5-4-6-11-14/h4-12H,1-3H3,(H,19,21)(H,20,22). The van der Waals surface area contributed by atoms with Gasteiger partial charge in [-0.2, -0.15) is 0 Å². The molecule has 114 valence electrons. The lowest BCUT2D eigenvalue weighted by molar-refractivity contribution is -0.135. The third kappa shape index (κ3) is 3.52. The van der Waals surface area contributed by atoms with Gasteiger partial charge in [0.1, 0.15) is 5.41 Å². The van der Waals surface area contributed by atoms with Gasteiger partial charge in [0, 0.05) is 11.4 Å². The minimum absolute atomic E-state index is 0.338. The first-order valence-corrected chi connectivity index (χ1v) is 7.15. The summed E-state index contributed by atoms with van der Waals surface area (Å²) in [4.78, 5) is 24.8. The highest BCUT2D eigenvalue weighted by Crippen LogP contribution is 2.22. The van der Waals surface area contributed by atoms with Crippen molar-refractivity contribution in [2.45, 2.75) is 20.8 Å². The van der Waals surface area contributed by atoms with Gasteiger partial charge in [-0.05, 0) is 44.5 Å². The predicted molar refractivity (Wildman–Crippen MR) is 88.7 cm³/mol. The van der Waals surface area contributed by atoms with Crippen LogP contribution in [0.1, 0.15) is 19.4 Å². The first-order chi connectivity index (χ1) is 10.4. The van der Waals surface area contributed by atoms with Crippen molar-refractivity contribution >= 4 is 23.2 Å². The van der Waals surface area contributed by atoms with Crippen LogP contribution in [0.15, 0.2) is 54.6 Å². The number of carbonyl (C=O) groups excluding carboxylic acids is 2. The van der Waals surface area contributed by atoms with Crippen molar-refractivity contribution in [2.75, 3.05) is 10.6 Å². The summed E-state index contributed by atoms with van der Waals surface area (Å²) in [5, 5.41) is 5.58. The van der Waals surface area contributed by atoms with E-state index in [1.807, 2.05) is 49.4 Å². The molecule has 2 rings (SSSR count). The van der Waals surface area contributed by atoms with Crippen LogP contribution in [0.4, 0.5) is 11.4 Å². The Kier molecular flexibility index (Phi) is 4.61. The smallest absolute Gasteiger partial charge is 0.239 e. The molecule has 0 saturated heterocycles. The number of carbonyl (C=O) groups is 2. The van der Waals surface area contributed by atoms with E-state index >= 15 is 0 Å². The fourth-order valence-electron chi connectivity index (χ4n) is 1.90. The number of hydrogen-bond donors (Lipinski definition) is 2. The van der Waals surface area contributed by atoms with E-state index in [0.717, 1.165) is 5.56 Å². The summed E-state index contributed by atoms with van der Waals surface area (Å²) in [6, 6.07) is 16.6. The van der Waals surface area contributed by atoms with Crippen molar-refractivity contribution in [1.82, 2.24) is 0 Å². The molecule has 2 N–H and O–H groups in total. The molecule has 0 atom stereocenters. The van der Waals surface area contributed by atoms with Gasteiger partial charge in [-0.1, -0.05) is 36.4 Å². The van der Waals surface area contributed by atoms with E-state index in [9.17, 15) is 9.59 Å². The lowest BCUT2D eigenvalue weighted by Crippen LogP contribution is -2.41. The molecule has 2 aromatic carbocycles. The van der Waals surface area contributed by atoms with Crippen LogP contribution in [0.3, 0.4) is 0 Å². The van der Waals surface area contributed by atoms with E-state index < -0.39 is 5.41 Å². The maximum atomic E-state index is 12.4. The topological polar surface area (TPSA) is 58.2 Å². The van der Waals surface area contributed by atoms with Crippen molar-refractivity contribution in [1.29, 1.82) is 0 Å². The van der Waals surface area contributed by atoms with Crippen molar-refractivity contribution < 1.29 is 9.59 Å². The Hall–Kier alpha value is -2.62. The molecule has 0 spiro atoms. The molecule has 0 bridgehead atoms. The Labute approximate surface area is 130 Å². The van der Waals surface area contributed by atoms with Gasteiger partial charge in [0.25, 0.3) is 0 Å². The summed E-state index contributed by atoms with van der Waals surface area (Å²) in [6.45, 7) is 5.13. The second-order valence-electron chi connectivity index (χ2n) is 5.71. The SMILES string of the molecule is Cc1ccccc1NC(=O)C(C)(C)C(=O)Nc1ccccc1.